The summed E-state index contributed by atoms with van der Waals surface area (Å²) in [5, 5.41) is 10.2. The number of anilines is 1. The van der Waals surface area contributed by atoms with E-state index in [1.54, 1.807) is 17.0 Å². The van der Waals surface area contributed by atoms with Crippen molar-refractivity contribution >= 4 is 27.6 Å². The average Bonchev–Trinajstić information content (AvgIpc) is 3.22. The summed E-state index contributed by atoms with van der Waals surface area (Å²) in [7, 11) is -4.04. The predicted molar refractivity (Wildman–Crippen MR) is 127 cm³/mol. The summed E-state index contributed by atoms with van der Waals surface area (Å²) >= 11 is 0. The van der Waals surface area contributed by atoms with Gasteiger partial charge in [-0.05, 0) is 68.5 Å². The number of carbonyl (C=O) groups is 2. The molecule has 2 aromatic carbocycles. The number of rotatable bonds is 5. The Morgan fingerprint density at radius 1 is 1.12 bits per heavy atom. The molecule has 3 atom stereocenters. The number of amides is 1. The monoisotopic (exact) mass is 486 g/mol. The SMILES string of the molecule is Cc1ccc(S(=O)(=O)N2C[C@H](O)C[C@H]2C(=O)O[C@@H](C)C(=O)N2CCCc3ccccc32)cc1C. The molecular weight excluding hydrogens is 456 g/mol. The molecule has 2 aliphatic rings. The topological polar surface area (TPSA) is 104 Å². The summed E-state index contributed by atoms with van der Waals surface area (Å²) in [6.07, 6.45) is -0.503. The zero-order valence-electron chi connectivity index (χ0n) is 19.6. The lowest BCUT2D eigenvalue weighted by Crippen LogP contribution is -2.46. The maximum absolute atomic E-state index is 13.3. The lowest BCUT2D eigenvalue weighted by atomic mass is 10.0. The van der Waals surface area contributed by atoms with E-state index in [1.165, 1.54) is 13.0 Å². The number of aliphatic hydroxyl groups excluding tert-OH is 1. The minimum atomic E-state index is -4.04. The highest BCUT2D eigenvalue weighted by molar-refractivity contribution is 7.89. The summed E-state index contributed by atoms with van der Waals surface area (Å²) < 4.78 is 33.0. The number of ether oxygens (including phenoxy) is 1. The largest absolute Gasteiger partial charge is 0.451 e. The first-order valence-corrected chi connectivity index (χ1v) is 12.9. The number of hydrogen-bond acceptors (Lipinski definition) is 6. The van der Waals surface area contributed by atoms with Crippen LogP contribution in [0.15, 0.2) is 47.4 Å². The van der Waals surface area contributed by atoms with E-state index < -0.39 is 34.2 Å². The van der Waals surface area contributed by atoms with Gasteiger partial charge >= 0.3 is 5.97 Å². The summed E-state index contributed by atoms with van der Waals surface area (Å²) in [4.78, 5) is 27.8. The summed E-state index contributed by atoms with van der Waals surface area (Å²) in [5.74, 6) is -1.20. The van der Waals surface area contributed by atoms with Crippen molar-refractivity contribution in [3.8, 4) is 0 Å². The van der Waals surface area contributed by atoms with Gasteiger partial charge in [-0.1, -0.05) is 24.3 Å². The molecule has 1 amide bonds. The van der Waals surface area contributed by atoms with E-state index in [9.17, 15) is 23.1 Å². The van der Waals surface area contributed by atoms with Crippen LogP contribution in [-0.4, -0.2) is 61.0 Å². The molecule has 1 N–H and O–H groups in total. The van der Waals surface area contributed by atoms with Crippen LogP contribution in [0.4, 0.5) is 5.69 Å². The van der Waals surface area contributed by atoms with Gasteiger partial charge in [-0.2, -0.15) is 4.31 Å². The van der Waals surface area contributed by atoms with Crippen molar-refractivity contribution in [3.63, 3.8) is 0 Å². The lowest BCUT2D eigenvalue weighted by Gasteiger charge is -2.31. The summed E-state index contributed by atoms with van der Waals surface area (Å²) in [6.45, 7) is 5.49. The molecule has 8 nitrogen and oxygen atoms in total. The minimum absolute atomic E-state index is 0.0524. The van der Waals surface area contributed by atoms with Crippen molar-refractivity contribution in [3.05, 3.63) is 59.2 Å². The normalized spacial score (nSPS) is 21.7. The molecule has 1 saturated heterocycles. The third-order valence-corrected chi connectivity index (χ3v) is 8.48. The highest BCUT2D eigenvalue weighted by Gasteiger charge is 2.45. The molecule has 182 valence electrons. The fraction of sp³-hybridized carbons (Fsp3) is 0.440. The first-order valence-electron chi connectivity index (χ1n) is 11.5. The van der Waals surface area contributed by atoms with E-state index >= 15 is 0 Å². The molecule has 9 heteroatoms. The fourth-order valence-corrected chi connectivity index (χ4v) is 6.27. The molecule has 2 heterocycles. The van der Waals surface area contributed by atoms with E-state index in [-0.39, 0.29) is 23.8 Å². The second kappa shape index (κ2) is 9.48. The van der Waals surface area contributed by atoms with E-state index in [0.717, 1.165) is 39.5 Å². The van der Waals surface area contributed by atoms with Gasteiger partial charge in [0.2, 0.25) is 10.0 Å². The van der Waals surface area contributed by atoms with Crippen molar-refractivity contribution in [2.24, 2.45) is 0 Å². The zero-order valence-corrected chi connectivity index (χ0v) is 20.4. The van der Waals surface area contributed by atoms with Crippen LogP contribution >= 0.6 is 0 Å². The number of benzene rings is 2. The molecule has 2 aliphatic heterocycles. The Bertz CT molecular complexity index is 1210. The smallest absolute Gasteiger partial charge is 0.325 e. The maximum Gasteiger partial charge on any atom is 0.325 e. The van der Waals surface area contributed by atoms with Gasteiger partial charge in [0, 0.05) is 25.2 Å². The Morgan fingerprint density at radius 2 is 1.85 bits per heavy atom. The number of para-hydroxylation sites is 1. The van der Waals surface area contributed by atoms with Crippen LogP contribution in [0.3, 0.4) is 0 Å². The molecule has 0 saturated carbocycles. The molecule has 34 heavy (non-hydrogen) atoms. The Kier molecular flexibility index (Phi) is 6.80. The molecule has 0 bridgehead atoms. The average molecular weight is 487 g/mol. The molecule has 0 aromatic heterocycles. The molecule has 0 radical (unpaired) electrons. The quantitative estimate of drug-likeness (QED) is 0.651. The van der Waals surface area contributed by atoms with Crippen LogP contribution in [0.1, 0.15) is 36.5 Å². The first kappa shape index (κ1) is 24.4. The standard InChI is InChI=1S/C25H30N2O6S/c1-16-10-11-21(13-17(16)2)34(31,32)27-15-20(28)14-23(27)25(30)33-18(3)24(29)26-12-6-8-19-7-4-5-9-22(19)26/h4-5,7,9-11,13,18,20,23,28H,6,8,12,14-15H2,1-3H3/t18-,20+,23-/m0/s1. The Hall–Kier alpha value is -2.75. The van der Waals surface area contributed by atoms with Crippen molar-refractivity contribution in [1.29, 1.82) is 0 Å². The number of aliphatic hydroxyl groups is 1. The van der Waals surface area contributed by atoms with Gasteiger partial charge in [0.25, 0.3) is 5.91 Å². The predicted octanol–water partition coefficient (Wildman–Crippen LogP) is 2.34. The molecule has 1 fully saturated rings. The van der Waals surface area contributed by atoms with Gasteiger partial charge in [0.1, 0.15) is 6.04 Å². The van der Waals surface area contributed by atoms with Crippen molar-refractivity contribution in [2.45, 2.75) is 63.2 Å². The molecule has 0 unspecified atom stereocenters. The highest BCUT2D eigenvalue weighted by Crippen LogP contribution is 2.30. The van der Waals surface area contributed by atoms with Crippen LogP contribution in [-0.2, 0) is 30.8 Å². The van der Waals surface area contributed by atoms with E-state index in [4.69, 9.17) is 4.74 Å². The molecule has 0 aliphatic carbocycles. The number of hydrogen-bond donors (Lipinski definition) is 1. The van der Waals surface area contributed by atoms with Gasteiger partial charge < -0.3 is 14.7 Å². The number of aryl methyl sites for hydroxylation is 3. The fourth-order valence-electron chi connectivity index (χ4n) is 4.56. The zero-order chi connectivity index (χ0) is 24.6. The van der Waals surface area contributed by atoms with Crippen molar-refractivity contribution in [2.75, 3.05) is 18.0 Å². The number of carbonyl (C=O) groups excluding carboxylic acids is 2. The van der Waals surface area contributed by atoms with Crippen LogP contribution in [0.25, 0.3) is 0 Å². The van der Waals surface area contributed by atoms with Crippen LogP contribution in [0.5, 0.6) is 0 Å². The van der Waals surface area contributed by atoms with Crippen molar-refractivity contribution in [1.82, 2.24) is 4.31 Å². The van der Waals surface area contributed by atoms with Crippen LogP contribution < -0.4 is 4.90 Å². The van der Waals surface area contributed by atoms with E-state index in [2.05, 4.69) is 0 Å². The number of nitrogens with zero attached hydrogens (tertiary/aromatic N) is 2. The lowest BCUT2D eigenvalue weighted by molar-refractivity contribution is -0.157. The second-order valence-corrected chi connectivity index (χ2v) is 10.9. The number of esters is 1. The Morgan fingerprint density at radius 3 is 2.59 bits per heavy atom. The van der Waals surface area contributed by atoms with Crippen LogP contribution in [0.2, 0.25) is 0 Å². The number of fused-ring (bicyclic) bond motifs is 1. The Labute approximate surface area is 200 Å². The van der Waals surface area contributed by atoms with Gasteiger partial charge in [0.05, 0.1) is 11.0 Å². The van der Waals surface area contributed by atoms with E-state index in [0.29, 0.717) is 6.54 Å². The van der Waals surface area contributed by atoms with E-state index in [1.807, 2.05) is 38.1 Å². The van der Waals surface area contributed by atoms with Gasteiger partial charge in [-0.3, -0.25) is 9.59 Å². The third kappa shape index (κ3) is 4.60. The van der Waals surface area contributed by atoms with Gasteiger partial charge in [-0.15, -0.1) is 0 Å². The minimum Gasteiger partial charge on any atom is -0.451 e. The third-order valence-electron chi connectivity index (χ3n) is 6.61. The van der Waals surface area contributed by atoms with Gasteiger partial charge in [-0.25, -0.2) is 8.42 Å². The second-order valence-electron chi connectivity index (χ2n) is 9.03. The molecule has 0 spiro atoms. The number of β-amino-alcohol motifs (C(OH)–C–C–N with tert-alkyl or cyclic N) is 1. The maximum atomic E-state index is 13.3. The Balaban J connectivity index is 1.51. The first-order chi connectivity index (χ1) is 16.1. The summed E-state index contributed by atoms with van der Waals surface area (Å²) in [5.41, 5.74) is 3.62. The molecule has 2 aromatic rings. The number of sulfonamides is 1. The highest BCUT2D eigenvalue weighted by atomic mass is 32.2. The summed E-state index contributed by atoms with van der Waals surface area (Å²) in [6, 6.07) is 11.2. The van der Waals surface area contributed by atoms with Gasteiger partial charge in [0.15, 0.2) is 6.10 Å². The molecular formula is C25H30N2O6S. The van der Waals surface area contributed by atoms with Crippen molar-refractivity contribution < 1.29 is 27.9 Å². The molecule has 4 rings (SSSR count). The van der Waals surface area contributed by atoms with Crippen LogP contribution in [0, 0.1) is 13.8 Å².